The van der Waals surface area contributed by atoms with Crippen molar-refractivity contribution in [3.05, 3.63) is 63.1 Å². The van der Waals surface area contributed by atoms with Crippen molar-refractivity contribution >= 4 is 33.2 Å². The van der Waals surface area contributed by atoms with Crippen LogP contribution in [0.15, 0.2) is 36.4 Å². The fraction of sp³-hybridized carbons (Fsp3) is 0.333. The van der Waals surface area contributed by atoms with Gasteiger partial charge in [0.15, 0.2) is 0 Å². The Kier molecular flexibility index (Phi) is 6.74. The normalized spacial score (nSPS) is 12.8. The number of rotatable bonds is 7. The van der Waals surface area contributed by atoms with Gasteiger partial charge in [0.05, 0.1) is 12.9 Å². The Balaban J connectivity index is 2.20. The molecule has 0 radical (unpaired) electrons. The molecule has 136 valence electrons. The molecule has 4 nitrogen and oxygen atoms in total. The second-order valence-corrected chi connectivity index (χ2v) is 8.40. The van der Waals surface area contributed by atoms with E-state index in [4.69, 9.17) is 27.9 Å². The molecule has 2 aromatic carbocycles. The average molecular weight is 402 g/mol. The lowest BCUT2D eigenvalue weighted by atomic mass is 10.0. The lowest BCUT2D eigenvalue weighted by molar-refractivity contribution is 0.411. The van der Waals surface area contributed by atoms with E-state index in [1.165, 1.54) is 6.07 Å². The monoisotopic (exact) mass is 401 g/mol. The second kappa shape index (κ2) is 8.41. The maximum atomic E-state index is 12.6. The van der Waals surface area contributed by atoms with Crippen molar-refractivity contribution in [2.24, 2.45) is 0 Å². The smallest absolute Gasteiger partial charge is 0.216 e. The van der Waals surface area contributed by atoms with E-state index in [0.29, 0.717) is 22.0 Å². The number of hydrogen-bond acceptors (Lipinski definition) is 3. The molecule has 1 atom stereocenters. The quantitative estimate of drug-likeness (QED) is 0.718. The zero-order valence-corrected chi connectivity index (χ0v) is 16.7. The molecule has 0 unspecified atom stereocenters. The van der Waals surface area contributed by atoms with Crippen LogP contribution in [0.4, 0.5) is 0 Å². The van der Waals surface area contributed by atoms with E-state index in [-0.39, 0.29) is 11.8 Å². The van der Waals surface area contributed by atoms with E-state index in [1.807, 2.05) is 32.0 Å². The first-order chi connectivity index (χ1) is 11.8. The molecule has 0 aliphatic rings. The maximum Gasteiger partial charge on any atom is 0.216 e. The predicted molar refractivity (Wildman–Crippen MR) is 103 cm³/mol. The minimum Gasteiger partial charge on any atom is -0.496 e. The van der Waals surface area contributed by atoms with Crippen LogP contribution < -0.4 is 9.46 Å². The van der Waals surface area contributed by atoms with Crippen LogP contribution in [0.1, 0.15) is 36.1 Å². The van der Waals surface area contributed by atoms with Crippen LogP contribution in [-0.2, 0) is 15.8 Å². The van der Waals surface area contributed by atoms with Crippen molar-refractivity contribution in [2.45, 2.75) is 32.1 Å². The number of nitrogens with one attached hydrogen (secondary N) is 1. The second-order valence-electron chi connectivity index (χ2n) is 5.80. The summed E-state index contributed by atoms with van der Waals surface area (Å²) < 4.78 is 33.1. The van der Waals surface area contributed by atoms with Gasteiger partial charge in [0.1, 0.15) is 5.75 Å². The first-order valence-electron chi connectivity index (χ1n) is 7.84. The van der Waals surface area contributed by atoms with Gasteiger partial charge >= 0.3 is 0 Å². The van der Waals surface area contributed by atoms with Crippen LogP contribution >= 0.6 is 23.2 Å². The molecule has 0 aromatic heterocycles. The molecule has 1 N–H and O–H groups in total. The van der Waals surface area contributed by atoms with E-state index >= 15 is 0 Å². The summed E-state index contributed by atoms with van der Waals surface area (Å²) in [6.45, 7) is 3.86. The summed E-state index contributed by atoms with van der Waals surface area (Å²) in [5, 5.41) is 0.811. The summed E-state index contributed by atoms with van der Waals surface area (Å²) in [5.74, 6) is 0.573. The maximum absolute atomic E-state index is 12.6. The lowest BCUT2D eigenvalue weighted by Crippen LogP contribution is -2.29. The third-order valence-corrected chi connectivity index (χ3v) is 5.83. The number of hydrogen-bond donors (Lipinski definition) is 1. The van der Waals surface area contributed by atoms with E-state index in [1.54, 1.807) is 19.2 Å². The average Bonchev–Trinajstić information content (AvgIpc) is 2.55. The topological polar surface area (TPSA) is 55.4 Å². The highest BCUT2D eigenvalue weighted by atomic mass is 35.5. The Morgan fingerprint density at radius 1 is 1.16 bits per heavy atom. The summed E-state index contributed by atoms with van der Waals surface area (Å²) in [6, 6.07) is 10.1. The summed E-state index contributed by atoms with van der Waals surface area (Å²) in [7, 11) is -1.96. The van der Waals surface area contributed by atoms with Crippen molar-refractivity contribution in [3.63, 3.8) is 0 Å². The van der Waals surface area contributed by atoms with Crippen LogP contribution in [0, 0.1) is 6.92 Å². The highest BCUT2D eigenvalue weighted by Gasteiger charge is 2.20. The van der Waals surface area contributed by atoms with Crippen molar-refractivity contribution in [2.75, 3.05) is 7.11 Å². The largest absolute Gasteiger partial charge is 0.496 e. The van der Waals surface area contributed by atoms with Crippen LogP contribution in [0.5, 0.6) is 5.75 Å². The molecular formula is C18H21Cl2NO3S. The van der Waals surface area contributed by atoms with Crippen LogP contribution in [-0.4, -0.2) is 15.5 Å². The molecule has 0 spiro atoms. The van der Waals surface area contributed by atoms with Gasteiger partial charge in [-0.1, -0.05) is 48.3 Å². The highest BCUT2D eigenvalue weighted by molar-refractivity contribution is 7.88. The van der Waals surface area contributed by atoms with Gasteiger partial charge in [0, 0.05) is 16.1 Å². The van der Waals surface area contributed by atoms with E-state index in [9.17, 15) is 8.42 Å². The van der Waals surface area contributed by atoms with Gasteiger partial charge < -0.3 is 4.74 Å². The molecule has 0 aliphatic heterocycles. The molecule has 25 heavy (non-hydrogen) atoms. The summed E-state index contributed by atoms with van der Waals surface area (Å²) in [4.78, 5) is 0. The molecular weight excluding hydrogens is 381 g/mol. The van der Waals surface area contributed by atoms with Gasteiger partial charge in [-0.2, -0.15) is 0 Å². The number of methoxy groups -OCH3 is 1. The molecule has 0 heterocycles. The molecule has 0 saturated carbocycles. The first-order valence-corrected chi connectivity index (χ1v) is 10.2. The van der Waals surface area contributed by atoms with Crippen LogP contribution in [0.25, 0.3) is 0 Å². The van der Waals surface area contributed by atoms with Gasteiger partial charge in [0.2, 0.25) is 10.0 Å². The van der Waals surface area contributed by atoms with Crippen molar-refractivity contribution in [3.8, 4) is 5.75 Å². The molecule has 0 aliphatic carbocycles. The molecule has 0 fully saturated rings. The van der Waals surface area contributed by atoms with Gasteiger partial charge in [-0.3, -0.25) is 0 Å². The van der Waals surface area contributed by atoms with Gasteiger partial charge in [0.25, 0.3) is 0 Å². The summed E-state index contributed by atoms with van der Waals surface area (Å²) >= 11 is 11.9. The predicted octanol–water partition coefficient (Wildman–Crippen LogP) is 4.88. The third-order valence-electron chi connectivity index (χ3n) is 3.91. The first kappa shape index (κ1) is 20.0. The van der Waals surface area contributed by atoms with Crippen LogP contribution in [0.2, 0.25) is 10.0 Å². The summed E-state index contributed by atoms with van der Waals surface area (Å²) in [5.41, 5.74) is 2.37. The molecule has 0 saturated heterocycles. The van der Waals surface area contributed by atoms with E-state index in [0.717, 1.165) is 16.9 Å². The third kappa shape index (κ3) is 5.35. The van der Waals surface area contributed by atoms with Gasteiger partial charge in [-0.15, -0.1) is 0 Å². The van der Waals surface area contributed by atoms with Crippen molar-refractivity contribution in [1.82, 2.24) is 4.72 Å². The number of aryl methyl sites for hydroxylation is 1. The molecule has 2 rings (SSSR count). The lowest BCUT2D eigenvalue weighted by Gasteiger charge is -2.19. The number of benzene rings is 2. The Hall–Kier alpha value is -1.27. The van der Waals surface area contributed by atoms with Crippen LogP contribution in [0.3, 0.4) is 0 Å². The van der Waals surface area contributed by atoms with Gasteiger partial charge in [-0.25, -0.2) is 13.1 Å². The SMILES string of the molecule is CC[C@@H](NS(=O)(=O)Cc1ccc(Cl)cc1Cl)c1ccc(OC)c(C)c1. The molecule has 0 bridgehead atoms. The standard InChI is InChI=1S/C18H21Cl2NO3S/c1-4-17(13-6-8-18(24-3)12(2)9-13)21-25(22,23)11-14-5-7-15(19)10-16(14)20/h5-10,17,21H,4,11H2,1-3H3/t17-/m1/s1. The number of halogens is 2. The number of sulfonamides is 1. The molecule has 0 amide bonds. The van der Waals surface area contributed by atoms with Gasteiger partial charge in [-0.05, 0) is 48.2 Å². The fourth-order valence-electron chi connectivity index (χ4n) is 2.61. The highest BCUT2D eigenvalue weighted by Crippen LogP contribution is 2.26. The van der Waals surface area contributed by atoms with Crippen molar-refractivity contribution < 1.29 is 13.2 Å². The Morgan fingerprint density at radius 3 is 2.44 bits per heavy atom. The fourth-order valence-corrected chi connectivity index (χ4v) is 4.64. The Morgan fingerprint density at radius 2 is 1.88 bits per heavy atom. The minimum absolute atomic E-state index is 0.200. The summed E-state index contributed by atoms with van der Waals surface area (Å²) in [6.07, 6.45) is 0.624. The molecule has 7 heteroatoms. The Labute approximate surface area is 159 Å². The zero-order valence-electron chi connectivity index (χ0n) is 14.3. The van der Waals surface area contributed by atoms with Crippen molar-refractivity contribution in [1.29, 1.82) is 0 Å². The van der Waals surface area contributed by atoms with E-state index < -0.39 is 10.0 Å². The zero-order chi connectivity index (χ0) is 18.6. The van der Waals surface area contributed by atoms with E-state index in [2.05, 4.69) is 4.72 Å². The minimum atomic E-state index is -3.57. The number of ether oxygens (including phenoxy) is 1. The Bertz CT molecular complexity index is 853. The molecule has 2 aromatic rings.